The molecule has 1 aromatic rings. The van der Waals surface area contributed by atoms with E-state index in [0.29, 0.717) is 0 Å². The van der Waals surface area contributed by atoms with Gasteiger partial charge < -0.3 is 0 Å². The second kappa shape index (κ2) is 3.17. The minimum absolute atomic E-state index is 0.867. The monoisotopic (exact) mass is 181 g/mol. The predicted molar refractivity (Wildman–Crippen MR) is 52.7 cm³/mol. The molecular formula is C10H15NS. The highest BCUT2D eigenvalue weighted by molar-refractivity contribution is 7.11. The molecule has 1 atom stereocenters. The van der Waals surface area contributed by atoms with E-state index in [9.17, 15) is 0 Å². The Labute approximate surface area is 77.8 Å². The van der Waals surface area contributed by atoms with E-state index in [-0.39, 0.29) is 0 Å². The molecule has 1 aliphatic rings. The Kier molecular flexibility index (Phi) is 2.18. The number of aromatic nitrogens is 1. The third-order valence-corrected chi connectivity index (χ3v) is 3.56. The zero-order chi connectivity index (χ0) is 8.55. The van der Waals surface area contributed by atoms with Crippen molar-refractivity contribution in [3.05, 3.63) is 15.6 Å². The Hall–Kier alpha value is -0.370. The van der Waals surface area contributed by atoms with Gasteiger partial charge in [0, 0.05) is 4.88 Å². The highest BCUT2D eigenvalue weighted by Crippen LogP contribution is 2.28. The standard InChI is InChI=1S/C10H15NS/c1-7-4-3-5-9-10(6-7)12-8(2)11-9/h7H,3-6H2,1-2H3. The van der Waals surface area contributed by atoms with Crippen molar-refractivity contribution in [2.45, 2.75) is 39.5 Å². The van der Waals surface area contributed by atoms with Gasteiger partial charge in [-0.05, 0) is 38.5 Å². The zero-order valence-electron chi connectivity index (χ0n) is 7.76. The van der Waals surface area contributed by atoms with E-state index in [2.05, 4.69) is 18.8 Å². The Morgan fingerprint density at radius 2 is 2.33 bits per heavy atom. The van der Waals surface area contributed by atoms with Crippen LogP contribution in [0.3, 0.4) is 0 Å². The van der Waals surface area contributed by atoms with E-state index in [0.717, 1.165) is 5.92 Å². The van der Waals surface area contributed by atoms with Crippen LogP contribution in [0.4, 0.5) is 0 Å². The van der Waals surface area contributed by atoms with Crippen LogP contribution >= 0.6 is 11.3 Å². The van der Waals surface area contributed by atoms with Gasteiger partial charge in [0.05, 0.1) is 10.7 Å². The lowest BCUT2D eigenvalue weighted by Gasteiger charge is -2.03. The van der Waals surface area contributed by atoms with E-state index >= 15 is 0 Å². The number of thiazole rings is 1. The second-order valence-electron chi connectivity index (χ2n) is 3.80. The van der Waals surface area contributed by atoms with E-state index in [1.807, 2.05) is 11.3 Å². The van der Waals surface area contributed by atoms with E-state index in [1.165, 1.54) is 36.4 Å². The van der Waals surface area contributed by atoms with Crippen molar-refractivity contribution in [3.8, 4) is 0 Å². The number of hydrogen-bond acceptors (Lipinski definition) is 2. The van der Waals surface area contributed by atoms with E-state index < -0.39 is 0 Å². The van der Waals surface area contributed by atoms with Crippen molar-refractivity contribution in [1.29, 1.82) is 0 Å². The Balaban J connectivity index is 2.30. The number of aryl methyl sites for hydroxylation is 2. The molecule has 0 amide bonds. The van der Waals surface area contributed by atoms with E-state index in [1.54, 1.807) is 4.88 Å². The maximum Gasteiger partial charge on any atom is 0.0900 e. The highest BCUT2D eigenvalue weighted by atomic mass is 32.1. The molecule has 0 aromatic carbocycles. The summed E-state index contributed by atoms with van der Waals surface area (Å²) >= 11 is 1.90. The van der Waals surface area contributed by atoms with Crippen LogP contribution in [0, 0.1) is 12.8 Å². The first-order chi connectivity index (χ1) is 5.75. The summed E-state index contributed by atoms with van der Waals surface area (Å²) in [5, 5.41) is 1.24. The summed E-state index contributed by atoms with van der Waals surface area (Å²) in [7, 11) is 0. The maximum absolute atomic E-state index is 4.56. The summed E-state index contributed by atoms with van der Waals surface area (Å²) in [4.78, 5) is 6.12. The Morgan fingerprint density at radius 3 is 3.17 bits per heavy atom. The van der Waals surface area contributed by atoms with Gasteiger partial charge in [-0.3, -0.25) is 0 Å². The van der Waals surface area contributed by atoms with Gasteiger partial charge in [-0.1, -0.05) is 6.92 Å². The SMILES string of the molecule is Cc1nc2c(s1)CC(C)CCC2. The molecule has 0 aliphatic heterocycles. The molecule has 1 nitrogen and oxygen atoms in total. The highest BCUT2D eigenvalue weighted by Gasteiger charge is 2.16. The number of nitrogens with zero attached hydrogens (tertiary/aromatic N) is 1. The van der Waals surface area contributed by atoms with Gasteiger partial charge in [-0.2, -0.15) is 0 Å². The van der Waals surface area contributed by atoms with Gasteiger partial charge in [0.15, 0.2) is 0 Å². The minimum Gasteiger partial charge on any atom is -0.246 e. The fourth-order valence-electron chi connectivity index (χ4n) is 1.90. The van der Waals surface area contributed by atoms with Crippen LogP contribution in [0.2, 0.25) is 0 Å². The van der Waals surface area contributed by atoms with E-state index in [4.69, 9.17) is 0 Å². The molecule has 12 heavy (non-hydrogen) atoms. The predicted octanol–water partition coefficient (Wildman–Crippen LogP) is 2.97. The quantitative estimate of drug-likeness (QED) is 0.561. The Morgan fingerprint density at radius 1 is 1.50 bits per heavy atom. The molecule has 0 spiro atoms. The molecule has 0 saturated carbocycles. The van der Waals surface area contributed by atoms with Gasteiger partial charge in [0.25, 0.3) is 0 Å². The second-order valence-corrected chi connectivity index (χ2v) is 5.09. The van der Waals surface area contributed by atoms with Crippen LogP contribution in [0.15, 0.2) is 0 Å². The molecule has 0 N–H and O–H groups in total. The molecule has 0 bridgehead atoms. The first-order valence-corrected chi connectivity index (χ1v) is 5.52. The average Bonchev–Trinajstić information content (AvgIpc) is 2.23. The smallest absolute Gasteiger partial charge is 0.0900 e. The Bertz CT molecular complexity index is 277. The summed E-state index contributed by atoms with van der Waals surface area (Å²) < 4.78 is 0. The molecule has 1 aromatic heterocycles. The summed E-state index contributed by atoms with van der Waals surface area (Å²) in [6, 6.07) is 0. The van der Waals surface area contributed by atoms with Crippen LogP contribution in [-0.4, -0.2) is 4.98 Å². The summed E-state index contributed by atoms with van der Waals surface area (Å²) in [6.45, 7) is 4.47. The largest absolute Gasteiger partial charge is 0.246 e. The van der Waals surface area contributed by atoms with Crippen molar-refractivity contribution < 1.29 is 0 Å². The lowest BCUT2D eigenvalue weighted by molar-refractivity contribution is 0.528. The lowest BCUT2D eigenvalue weighted by atomic mass is 10.0. The summed E-state index contributed by atoms with van der Waals surface area (Å²) in [5.74, 6) is 0.867. The molecule has 66 valence electrons. The molecule has 0 radical (unpaired) electrons. The molecule has 1 unspecified atom stereocenters. The fourth-order valence-corrected chi connectivity index (χ4v) is 3.05. The third-order valence-electron chi connectivity index (χ3n) is 2.53. The number of fused-ring (bicyclic) bond motifs is 1. The van der Waals surface area contributed by atoms with Gasteiger partial charge in [-0.25, -0.2) is 4.98 Å². The van der Waals surface area contributed by atoms with Crippen molar-refractivity contribution in [3.63, 3.8) is 0 Å². The molecule has 0 fully saturated rings. The minimum atomic E-state index is 0.867. The topological polar surface area (TPSA) is 12.9 Å². The van der Waals surface area contributed by atoms with Crippen LogP contribution in [0.5, 0.6) is 0 Å². The molecular weight excluding hydrogens is 166 g/mol. The van der Waals surface area contributed by atoms with Crippen molar-refractivity contribution >= 4 is 11.3 Å². The molecule has 1 heterocycles. The van der Waals surface area contributed by atoms with Gasteiger partial charge in [0.1, 0.15) is 0 Å². The fraction of sp³-hybridized carbons (Fsp3) is 0.700. The van der Waals surface area contributed by atoms with Crippen molar-refractivity contribution in [2.75, 3.05) is 0 Å². The number of rotatable bonds is 0. The molecule has 0 saturated heterocycles. The molecule has 1 aliphatic carbocycles. The maximum atomic E-state index is 4.56. The normalized spacial score (nSPS) is 23.3. The van der Waals surface area contributed by atoms with Gasteiger partial charge in [0.2, 0.25) is 0 Å². The average molecular weight is 181 g/mol. The van der Waals surface area contributed by atoms with Gasteiger partial charge >= 0.3 is 0 Å². The summed E-state index contributed by atoms with van der Waals surface area (Å²) in [5.41, 5.74) is 1.39. The first kappa shape index (κ1) is 8.24. The van der Waals surface area contributed by atoms with Gasteiger partial charge in [-0.15, -0.1) is 11.3 Å². The first-order valence-electron chi connectivity index (χ1n) is 4.71. The molecule has 2 heteroatoms. The third kappa shape index (κ3) is 1.53. The lowest BCUT2D eigenvalue weighted by Crippen LogP contribution is -1.94. The van der Waals surface area contributed by atoms with Crippen molar-refractivity contribution in [1.82, 2.24) is 4.98 Å². The van der Waals surface area contributed by atoms with Crippen molar-refractivity contribution in [2.24, 2.45) is 5.92 Å². The molecule has 2 rings (SSSR count). The number of hydrogen-bond donors (Lipinski definition) is 0. The zero-order valence-corrected chi connectivity index (χ0v) is 8.58. The van der Waals surface area contributed by atoms with Crippen LogP contribution < -0.4 is 0 Å². The van der Waals surface area contributed by atoms with Crippen LogP contribution in [0.25, 0.3) is 0 Å². The van der Waals surface area contributed by atoms with Crippen LogP contribution in [-0.2, 0) is 12.8 Å². The van der Waals surface area contributed by atoms with Crippen LogP contribution in [0.1, 0.15) is 35.3 Å². The summed E-state index contributed by atoms with van der Waals surface area (Å²) in [6.07, 6.45) is 5.18.